The topological polar surface area (TPSA) is 63.4 Å². The standard InChI is InChI=1S/C14H20N2O2S/c1-12-9-14(10-15)11-16(12)19(17,18)8-7-13-5-3-2-4-6-13/h2-8,12,14H,9-11,15H2,1H3/b8-7+. The lowest BCUT2D eigenvalue weighted by atomic mass is 10.1. The summed E-state index contributed by atoms with van der Waals surface area (Å²) in [6.45, 7) is 3.00. The van der Waals surface area contributed by atoms with Crippen molar-refractivity contribution in [3.05, 3.63) is 41.3 Å². The van der Waals surface area contributed by atoms with Gasteiger partial charge in [0.2, 0.25) is 10.0 Å². The van der Waals surface area contributed by atoms with E-state index >= 15 is 0 Å². The molecule has 0 aliphatic carbocycles. The van der Waals surface area contributed by atoms with Crippen LogP contribution >= 0.6 is 0 Å². The van der Waals surface area contributed by atoms with E-state index in [0.29, 0.717) is 13.1 Å². The summed E-state index contributed by atoms with van der Waals surface area (Å²) in [6, 6.07) is 9.45. The van der Waals surface area contributed by atoms with Crippen LogP contribution in [-0.4, -0.2) is 31.9 Å². The molecular weight excluding hydrogens is 260 g/mol. The molecule has 1 heterocycles. The Morgan fingerprint density at radius 1 is 1.37 bits per heavy atom. The molecule has 1 fully saturated rings. The van der Waals surface area contributed by atoms with Crippen LogP contribution < -0.4 is 5.73 Å². The molecule has 0 radical (unpaired) electrons. The van der Waals surface area contributed by atoms with Gasteiger partial charge in [0.25, 0.3) is 0 Å². The first-order chi connectivity index (χ1) is 9.03. The lowest BCUT2D eigenvalue weighted by Gasteiger charge is -2.18. The van der Waals surface area contributed by atoms with Crippen molar-refractivity contribution >= 4 is 16.1 Å². The molecule has 2 N–H and O–H groups in total. The maximum atomic E-state index is 12.3. The number of nitrogens with two attached hydrogens (primary N) is 1. The van der Waals surface area contributed by atoms with Crippen LogP contribution in [0.4, 0.5) is 0 Å². The van der Waals surface area contributed by atoms with Crippen molar-refractivity contribution in [1.82, 2.24) is 4.31 Å². The maximum Gasteiger partial charge on any atom is 0.236 e. The second-order valence-corrected chi connectivity index (χ2v) is 6.79. The molecule has 104 valence electrons. The second kappa shape index (κ2) is 5.86. The summed E-state index contributed by atoms with van der Waals surface area (Å²) in [4.78, 5) is 0. The zero-order chi connectivity index (χ0) is 13.9. The number of hydrogen-bond acceptors (Lipinski definition) is 3. The fourth-order valence-electron chi connectivity index (χ4n) is 2.44. The van der Waals surface area contributed by atoms with Gasteiger partial charge in [-0.25, -0.2) is 8.42 Å². The van der Waals surface area contributed by atoms with E-state index in [4.69, 9.17) is 5.73 Å². The summed E-state index contributed by atoms with van der Waals surface area (Å²) in [6.07, 6.45) is 2.48. The number of hydrogen-bond donors (Lipinski definition) is 1. The van der Waals surface area contributed by atoms with E-state index in [2.05, 4.69) is 0 Å². The van der Waals surface area contributed by atoms with E-state index in [1.807, 2.05) is 37.3 Å². The number of sulfonamides is 1. The average Bonchev–Trinajstić information content (AvgIpc) is 2.80. The molecule has 0 bridgehead atoms. The van der Waals surface area contributed by atoms with Gasteiger partial charge in [-0.05, 0) is 37.4 Å². The van der Waals surface area contributed by atoms with E-state index in [1.165, 1.54) is 5.41 Å². The van der Waals surface area contributed by atoms with Gasteiger partial charge in [0.05, 0.1) is 0 Å². The minimum atomic E-state index is -3.35. The Labute approximate surface area is 115 Å². The predicted octanol–water partition coefficient (Wildman–Crippen LogP) is 1.66. The highest BCUT2D eigenvalue weighted by atomic mass is 32.2. The van der Waals surface area contributed by atoms with E-state index in [9.17, 15) is 8.42 Å². The Hall–Kier alpha value is -1.17. The highest BCUT2D eigenvalue weighted by Crippen LogP contribution is 2.26. The van der Waals surface area contributed by atoms with Crippen LogP contribution in [0.2, 0.25) is 0 Å². The lowest BCUT2D eigenvalue weighted by Crippen LogP contribution is -2.32. The highest BCUT2D eigenvalue weighted by molar-refractivity contribution is 7.92. The molecule has 0 aromatic heterocycles. The monoisotopic (exact) mass is 280 g/mol. The Balaban J connectivity index is 2.13. The van der Waals surface area contributed by atoms with Gasteiger partial charge >= 0.3 is 0 Å². The van der Waals surface area contributed by atoms with Gasteiger partial charge in [0, 0.05) is 18.0 Å². The molecule has 2 rings (SSSR count). The third-order valence-corrected chi connectivity index (χ3v) is 5.14. The zero-order valence-corrected chi connectivity index (χ0v) is 11.9. The molecule has 1 aliphatic heterocycles. The summed E-state index contributed by atoms with van der Waals surface area (Å²) in [5.74, 6) is 0.273. The van der Waals surface area contributed by atoms with Crippen LogP contribution in [0.5, 0.6) is 0 Å². The third-order valence-electron chi connectivity index (χ3n) is 3.50. The summed E-state index contributed by atoms with van der Waals surface area (Å²) in [5, 5.41) is 1.29. The molecule has 1 saturated heterocycles. The largest absolute Gasteiger partial charge is 0.330 e. The first-order valence-electron chi connectivity index (χ1n) is 6.48. The fraction of sp³-hybridized carbons (Fsp3) is 0.429. The van der Waals surface area contributed by atoms with Crippen LogP contribution in [0, 0.1) is 5.92 Å². The molecule has 2 atom stereocenters. The normalized spacial score (nSPS) is 25.2. The number of nitrogens with zero attached hydrogens (tertiary/aromatic N) is 1. The van der Waals surface area contributed by atoms with Crippen LogP contribution in [-0.2, 0) is 10.0 Å². The van der Waals surface area contributed by atoms with Crippen molar-refractivity contribution in [2.45, 2.75) is 19.4 Å². The average molecular weight is 280 g/mol. The third kappa shape index (κ3) is 3.43. The molecule has 0 spiro atoms. The molecule has 2 unspecified atom stereocenters. The first-order valence-corrected chi connectivity index (χ1v) is 7.98. The van der Waals surface area contributed by atoms with Crippen molar-refractivity contribution in [2.75, 3.05) is 13.1 Å². The van der Waals surface area contributed by atoms with Gasteiger partial charge in [-0.15, -0.1) is 0 Å². The molecule has 4 nitrogen and oxygen atoms in total. The lowest BCUT2D eigenvalue weighted by molar-refractivity contribution is 0.411. The molecule has 1 aromatic rings. The number of benzene rings is 1. The van der Waals surface area contributed by atoms with Gasteiger partial charge in [-0.1, -0.05) is 30.3 Å². The smallest absolute Gasteiger partial charge is 0.236 e. The summed E-state index contributed by atoms with van der Waals surface area (Å²) in [5.41, 5.74) is 6.51. The van der Waals surface area contributed by atoms with Crippen LogP contribution in [0.3, 0.4) is 0 Å². The summed E-state index contributed by atoms with van der Waals surface area (Å²) in [7, 11) is -3.35. The molecule has 0 saturated carbocycles. The molecule has 19 heavy (non-hydrogen) atoms. The number of rotatable bonds is 4. The second-order valence-electron chi connectivity index (χ2n) is 5.01. The van der Waals surface area contributed by atoms with E-state index in [0.717, 1.165) is 12.0 Å². The first kappa shape index (κ1) is 14.2. The van der Waals surface area contributed by atoms with Gasteiger partial charge in [-0.2, -0.15) is 4.31 Å². The zero-order valence-electron chi connectivity index (χ0n) is 11.1. The van der Waals surface area contributed by atoms with Crippen molar-refractivity contribution in [1.29, 1.82) is 0 Å². The van der Waals surface area contributed by atoms with Crippen molar-refractivity contribution < 1.29 is 8.42 Å². The van der Waals surface area contributed by atoms with Gasteiger partial charge in [0.15, 0.2) is 0 Å². The summed E-state index contributed by atoms with van der Waals surface area (Å²) >= 11 is 0. The Bertz CT molecular complexity index is 540. The van der Waals surface area contributed by atoms with Gasteiger partial charge in [0.1, 0.15) is 0 Å². The quantitative estimate of drug-likeness (QED) is 0.912. The van der Waals surface area contributed by atoms with Gasteiger partial charge in [-0.3, -0.25) is 0 Å². The SMILES string of the molecule is CC1CC(CN)CN1S(=O)(=O)/C=C/c1ccccc1. The summed E-state index contributed by atoms with van der Waals surface area (Å²) < 4.78 is 26.1. The predicted molar refractivity (Wildman–Crippen MR) is 77.7 cm³/mol. The van der Waals surface area contributed by atoms with E-state index < -0.39 is 10.0 Å². The van der Waals surface area contributed by atoms with Gasteiger partial charge < -0.3 is 5.73 Å². The molecular formula is C14H20N2O2S. The molecule has 0 amide bonds. The maximum absolute atomic E-state index is 12.3. The van der Waals surface area contributed by atoms with E-state index in [-0.39, 0.29) is 12.0 Å². The Morgan fingerprint density at radius 3 is 2.63 bits per heavy atom. The Morgan fingerprint density at radius 2 is 2.05 bits per heavy atom. The minimum Gasteiger partial charge on any atom is -0.330 e. The molecule has 5 heteroatoms. The van der Waals surface area contributed by atoms with Crippen LogP contribution in [0.1, 0.15) is 18.9 Å². The fourth-order valence-corrected chi connectivity index (χ4v) is 3.93. The van der Waals surface area contributed by atoms with Crippen LogP contribution in [0.25, 0.3) is 6.08 Å². The highest BCUT2D eigenvalue weighted by Gasteiger charge is 2.34. The van der Waals surface area contributed by atoms with Crippen molar-refractivity contribution in [3.8, 4) is 0 Å². The van der Waals surface area contributed by atoms with E-state index in [1.54, 1.807) is 10.4 Å². The molecule has 1 aliphatic rings. The van der Waals surface area contributed by atoms with Crippen LogP contribution in [0.15, 0.2) is 35.7 Å². The molecule has 1 aromatic carbocycles. The minimum absolute atomic E-state index is 0.0268. The Kier molecular flexibility index (Phi) is 4.39. The van der Waals surface area contributed by atoms with Crippen molar-refractivity contribution in [2.24, 2.45) is 11.7 Å². The van der Waals surface area contributed by atoms with Crippen molar-refractivity contribution in [3.63, 3.8) is 0 Å².